The Morgan fingerprint density at radius 1 is 1.12 bits per heavy atom. The van der Waals surface area contributed by atoms with Crippen molar-refractivity contribution in [3.8, 4) is 0 Å². The number of hydrogen-bond acceptors (Lipinski definition) is 3. The van der Waals surface area contributed by atoms with Crippen LogP contribution in [0.25, 0.3) is 0 Å². The van der Waals surface area contributed by atoms with E-state index >= 15 is 0 Å². The Kier molecular flexibility index (Phi) is 4.91. The van der Waals surface area contributed by atoms with Gasteiger partial charge >= 0.3 is 0 Å². The van der Waals surface area contributed by atoms with Crippen LogP contribution in [0.2, 0.25) is 5.02 Å². The fourth-order valence-electron chi connectivity index (χ4n) is 2.51. The summed E-state index contributed by atoms with van der Waals surface area (Å²) in [4.78, 5) is 30.4. The standard InChI is InChI=1S/C18H16ClN3O2/c19-15-8-4-7-14(11-15)17-20-9-10-22(17)16(23)12-21-18(24)13-5-2-1-3-6-13/h1-8,11H,9-10,12H2,(H,21,24). The van der Waals surface area contributed by atoms with Crippen molar-refractivity contribution in [2.75, 3.05) is 19.6 Å². The van der Waals surface area contributed by atoms with Gasteiger partial charge in [0, 0.05) is 22.7 Å². The second kappa shape index (κ2) is 7.27. The summed E-state index contributed by atoms with van der Waals surface area (Å²) in [5.41, 5.74) is 1.32. The molecule has 122 valence electrons. The molecule has 1 N–H and O–H groups in total. The number of hydrogen-bond donors (Lipinski definition) is 1. The van der Waals surface area contributed by atoms with Gasteiger partial charge in [-0.1, -0.05) is 41.9 Å². The van der Waals surface area contributed by atoms with Gasteiger partial charge in [0.15, 0.2) is 0 Å². The molecule has 2 aromatic carbocycles. The van der Waals surface area contributed by atoms with E-state index < -0.39 is 0 Å². The first-order chi connectivity index (χ1) is 11.6. The lowest BCUT2D eigenvalue weighted by Crippen LogP contribution is -2.42. The molecule has 1 heterocycles. The lowest BCUT2D eigenvalue weighted by atomic mass is 10.2. The van der Waals surface area contributed by atoms with Gasteiger partial charge in [-0.25, -0.2) is 0 Å². The van der Waals surface area contributed by atoms with E-state index in [1.165, 1.54) is 0 Å². The summed E-state index contributed by atoms with van der Waals surface area (Å²) in [5, 5.41) is 3.24. The summed E-state index contributed by atoms with van der Waals surface area (Å²) in [6.45, 7) is 0.968. The maximum atomic E-state index is 12.4. The summed E-state index contributed by atoms with van der Waals surface area (Å²) in [7, 11) is 0. The molecule has 0 aromatic heterocycles. The van der Waals surface area contributed by atoms with Crippen molar-refractivity contribution in [1.29, 1.82) is 0 Å². The van der Waals surface area contributed by atoms with Crippen LogP contribution in [-0.2, 0) is 4.79 Å². The highest BCUT2D eigenvalue weighted by molar-refractivity contribution is 6.31. The zero-order valence-electron chi connectivity index (χ0n) is 12.9. The van der Waals surface area contributed by atoms with Crippen LogP contribution in [0, 0.1) is 0 Å². The minimum absolute atomic E-state index is 0.0761. The minimum Gasteiger partial charge on any atom is -0.343 e. The number of nitrogens with one attached hydrogen (secondary N) is 1. The molecule has 0 saturated carbocycles. The van der Waals surface area contributed by atoms with Crippen molar-refractivity contribution >= 4 is 29.3 Å². The van der Waals surface area contributed by atoms with Gasteiger partial charge in [0.25, 0.3) is 5.91 Å². The zero-order chi connectivity index (χ0) is 16.9. The van der Waals surface area contributed by atoms with Gasteiger partial charge in [-0.2, -0.15) is 0 Å². The van der Waals surface area contributed by atoms with Crippen LogP contribution >= 0.6 is 11.6 Å². The van der Waals surface area contributed by atoms with Crippen LogP contribution in [0.4, 0.5) is 0 Å². The zero-order valence-corrected chi connectivity index (χ0v) is 13.7. The van der Waals surface area contributed by atoms with Gasteiger partial charge in [-0.3, -0.25) is 19.5 Å². The van der Waals surface area contributed by atoms with E-state index in [1.807, 2.05) is 18.2 Å². The molecule has 24 heavy (non-hydrogen) atoms. The summed E-state index contributed by atoms with van der Waals surface area (Å²) in [5.74, 6) is 0.122. The van der Waals surface area contributed by atoms with Gasteiger partial charge in [0.1, 0.15) is 5.84 Å². The molecule has 1 aliphatic rings. The molecule has 0 fully saturated rings. The van der Waals surface area contributed by atoms with Crippen LogP contribution in [0.15, 0.2) is 59.6 Å². The first-order valence-electron chi connectivity index (χ1n) is 7.59. The number of carbonyl (C=O) groups excluding carboxylic acids is 2. The predicted molar refractivity (Wildman–Crippen MR) is 93.3 cm³/mol. The van der Waals surface area contributed by atoms with Crippen molar-refractivity contribution in [1.82, 2.24) is 10.2 Å². The van der Waals surface area contributed by atoms with E-state index in [0.717, 1.165) is 5.56 Å². The normalized spacial score (nSPS) is 13.5. The highest BCUT2D eigenvalue weighted by atomic mass is 35.5. The first-order valence-corrected chi connectivity index (χ1v) is 7.97. The van der Waals surface area contributed by atoms with Crippen molar-refractivity contribution < 1.29 is 9.59 Å². The molecule has 0 bridgehead atoms. The average molecular weight is 342 g/mol. The van der Waals surface area contributed by atoms with E-state index in [1.54, 1.807) is 41.3 Å². The van der Waals surface area contributed by atoms with Crippen LogP contribution in [0.5, 0.6) is 0 Å². The molecule has 0 atom stereocenters. The lowest BCUT2D eigenvalue weighted by Gasteiger charge is -2.19. The maximum Gasteiger partial charge on any atom is 0.251 e. The Balaban J connectivity index is 1.65. The second-order valence-corrected chi connectivity index (χ2v) is 5.75. The number of rotatable bonds is 4. The monoisotopic (exact) mass is 341 g/mol. The highest BCUT2D eigenvalue weighted by Crippen LogP contribution is 2.16. The Morgan fingerprint density at radius 2 is 1.92 bits per heavy atom. The molecule has 0 aliphatic carbocycles. The molecule has 3 rings (SSSR count). The van der Waals surface area contributed by atoms with Crippen LogP contribution in [-0.4, -0.2) is 42.2 Å². The molecular weight excluding hydrogens is 326 g/mol. The summed E-state index contributed by atoms with van der Waals surface area (Å²) in [6.07, 6.45) is 0. The van der Waals surface area contributed by atoms with Gasteiger partial charge in [0.2, 0.25) is 5.91 Å². The molecule has 0 spiro atoms. The Labute approximate surface area is 145 Å². The highest BCUT2D eigenvalue weighted by Gasteiger charge is 2.25. The number of amides is 2. The van der Waals surface area contributed by atoms with Gasteiger partial charge < -0.3 is 5.32 Å². The van der Waals surface area contributed by atoms with Crippen molar-refractivity contribution in [2.24, 2.45) is 4.99 Å². The Hall–Kier alpha value is -2.66. The minimum atomic E-state index is -0.274. The fraction of sp³-hybridized carbons (Fsp3) is 0.167. The Bertz CT molecular complexity index is 790. The van der Waals surface area contributed by atoms with Crippen molar-refractivity contribution in [3.63, 3.8) is 0 Å². The summed E-state index contributed by atoms with van der Waals surface area (Å²) >= 11 is 6.01. The number of amidine groups is 1. The van der Waals surface area contributed by atoms with E-state index in [4.69, 9.17) is 11.6 Å². The third kappa shape index (κ3) is 3.63. The quantitative estimate of drug-likeness (QED) is 0.928. The molecule has 5 nitrogen and oxygen atoms in total. The molecule has 2 amide bonds. The molecular formula is C18H16ClN3O2. The van der Waals surface area contributed by atoms with E-state index in [0.29, 0.717) is 29.5 Å². The molecule has 0 saturated heterocycles. The largest absolute Gasteiger partial charge is 0.343 e. The number of aliphatic imine (C=N–C) groups is 1. The third-order valence-corrected chi connectivity index (χ3v) is 3.90. The SMILES string of the molecule is O=C(NCC(=O)N1CCN=C1c1cccc(Cl)c1)c1ccccc1. The van der Waals surface area contributed by atoms with Gasteiger partial charge in [0.05, 0.1) is 13.1 Å². The number of nitrogens with zero attached hydrogens (tertiary/aromatic N) is 2. The maximum absolute atomic E-state index is 12.4. The molecule has 6 heteroatoms. The van der Waals surface area contributed by atoms with Gasteiger partial charge in [-0.05, 0) is 24.3 Å². The smallest absolute Gasteiger partial charge is 0.251 e. The average Bonchev–Trinajstić information content (AvgIpc) is 3.10. The number of halogens is 1. The van der Waals surface area contributed by atoms with E-state index in [2.05, 4.69) is 10.3 Å². The molecule has 1 aliphatic heterocycles. The summed E-state index contributed by atoms with van der Waals surface area (Å²) in [6, 6.07) is 16.0. The van der Waals surface area contributed by atoms with Crippen LogP contribution in [0.3, 0.4) is 0 Å². The molecule has 2 aromatic rings. The number of carbonyl (C=O) groups is 2. The molecule has 0 radical (unpaired) electrons. The van der Waals surface area contributed by atoms with Crippen LogP contribution < -0.4 is 5.32 Å². The topological polar surface area (TPSA) is 61.8 Å². The van der Waals surface area contributed by atoms with Crippen molar-refractivity contribution in [3.05, 3.63) is 70.7 Å². The first kappa shape index (κ1) is 16.2. The van der Waals surface area contributed by atoms with Crippen molar-refractivity contribution in [2.45, 2.75) is 0 Å². The van der Waals surface area contributed by atoms with Crippen LogP contribution in [0.1, 0.15) is 15.9 Å². The molecule has 0 unspecified atom stereocenters. The van der Waals surface area contributed by atoms with E-state index in [-0.39, 0.29) is 18.4 Å². The predicted octanol–water partition coefficient (Wildman–Crippen LogP) is 2.36. The number of benzene rings is 2. The Morgan fingerprint density at radius 3 is 2.67 bits per heavy atom. The fourth-order valence-corrected chi connectivity index (χ4v) is 2.70. The van der Waals surface area contributed by atoms with E-state index in [9.17, 15) is 9.59 Å². The third-order valence-electron chi connectivity index (χ3n) is 3.66. The lowest BCUT2D eigenvalue weighted by molar-refractivity contribution is -0.125. The summed E-state index contributed by atoms with van der Waals surface area (Å²) < 4.78 is 0. The van der Waals surface area contributed by atoms with Gasteiger partial charge in [-0.15, -0.1) is 0 Å². The second-order valence-electron chi connectivity index (χ2n) is 5.31.